The summed E-state index contributed by atoms with van der Waals surface area (Å²) in [4.78, 5) is 10.7. The molecule has 4 heteroatoms. The summed E-state index contributed by atoms with van der Waals surface area (Å²) in [5.74, 6) is -1.13. The number of benzene rings is 2. The van der Waals surface area contributed by atoms with Gasteiger partial charge in [-0.15, -0.1) is 0 Å². The second kappa shape index (κ2) is 4.96. The molecule has 0 amide bonds. The summed E-state index contributed by atoms with van der Waals surface area (Å²) >= 11 is 0. The predicted molar refractivity (Wildman–Crippen MR) is 63.7 cm³/mol. The Morgan fingerprint density at radius 3 is 2.28 bits per heavy atom. The van der Waals surface area contributed by atoms with Crippen LogP contribution in [0.4, 0.5) is 8.78 Å². The fourth-order valence-electron chi connectivity index (χ4n) is 1.72. The van der Waals surface area contributed by atoms with Gasteiger partial charge in [-0.3, -0.25) is 4.79 Å². The molecule has 0 spiro atoms. The van der Waals surface area contributed by atoms with Crippen molar-refractivity contribution < 1.29 is 18.3 Å². The highest BCUT2D eigenvalue weighted by Crippen LogP contribution is 2.31. The minimum Gasteiger partial charge on any atom is -0.493 e. The Morgan fingerprint density at radius 1 is 1.06 bits per heavy atom. The molecule has 0 aliphatic heterocycles. The predicted octanol–water partition coefficient (Wildman–Crippen LogP) is 3.45. The first-order valence-corrected chi connectivity index (χ1v) is 5.25. The van der Waals surface area contributed by atoms with Gasteiger partial charge in [0.2, 0.25) is 0 Å². The Hall–Kier alpha value is -2.23. The zero-order valence-electron chi connectivity index (χ0n) is 9.61. The van der Waals surface area contributed by atoms with E-state index in [0.29, 0.717) is 11.8 Å². The lowest BCUT2D eigenvalue weighted by Gasteiger charge is -2.09. The number of ether oxygens (including phenoxy) is 1. The second-order valence-electron chi connectivity index (χ2n) is 3.67. The monoisotopic (exact) mass is 248 g/mol. The summed E-state index contributed by atoms with van der Waals surface area (Å²) in [5, 5.41) is 0. The number of hydrogen-bond acceptors (Lipinski definition) is 2. The molecule has 0 aliphatic rings. The summed E-state index contributed by atoms with van der Waals surface area (Å²) in [6, 6.07) is 8.35. The van der Waals surface area contributed by atoms with Crippen molar-refractivity contribution in [2.75, 3.05) is 7.11 Å². The largest absolute Gasteiger partial charge is 0.493 e. The van der Waals surface area contributed by atoms with E-state index in [1.165, 1.54) is 43.5 Å². The van der Waals surface area contributed by atoms with Crippen LogP contribution in [0.15, 0.2) is 36.4 Å². The van der Waals surface area contributed by atoms with Crippen LogP contribution in [-0.2, 0) is 0 Å². The lowest BCUT2D eigenvalue weighted by Crippen LogP contribution is -1.96. The van der Waals surface area contributed by atoms with Crippen LogP contribution in [0, 0.1) is 11.6 Å². The third-order valence-corrected chi connectivity index (χ3v) is 2.61. The zero-order valence-corrected chi connectivity index (χ0v) is 9.61. The first-order valence-electron chi connectivity index (χ1n) is 5.25. The van der Waals surface area contributed by atoms with E-state index in [4.69, 9.17) is 4.74 Å². The maximum Gasteiger partial charge on any atom is 0.173 e. The summed E-state index contributed by atoms with van der Waals surface area (Å²) in [6.45, 7) is 0. The van der Waals surface area contributed by atoms with Crippen LogP contribution in [0.25, 0.3) is 11.1 Å². The average Bonchev–Trinajstić information content (AvgIpc) is 2.39. The molecule has 0 aliphatic carbocycles. The third kappa shape index (κ3) is 2.09. The number of carbonyl (C=O) groups is 1. The average molecular weight is 248 g/mol. The smallest absolute Gasteiger partial charge is 0.173 e. The SMILES string of the molecule is COc1c(C=O)ccc(-c2ccc(F)cc2)c1F. The molecule has 2 aromatic carbocycles. The van der Waals surface area contributed by atoms with E-state index >= 15 is 0 Å². The normalized spacial score (nSPS) is 10.2. The Morgan fingerprint density at radius 2 is 1.72 bits per heavy atom. The first-order chi connectivity index (χ1) is 8.67. The molecule has 2 nitrogen and oxygen atoms in total. The standard InChI is InChI=1S/C14H10F2O2/c1-18-14-10(8-17)4-7-12(13(14)16)9-2-5-11(15)6-3-9/h2-8H,1H3. The van der Waals surface area contributed by atoms with Crippen molar-refractivity contribution in [1.82, 2.24) is 0 Å². The van der Waals surface area contributed by atoms with Crippen LogP contribution in [-0.4, -0.2) is 13.4 Å². The van der Waals surface area contributed by atoms with Crippen molar-refractivity contribution in [3.05, 3.63) is 53.6 Å². The number of aldehydes is 1. The van der Waals surface area contributed by atoms with Gasteiger partial charge in [0.05, 0.1) is 12.7 Å². The third-order valence-electron chi connectivity index (χ3n) is 2.61. The molecular formula is C14H10F2O2. The Bertz CT molecular complexity index is 577. The van der Waals surface area contributed by atoms with E-state index < -0.39 is 11.6 Å². The minimum atomic E-state index is -0.631. The summed E-state index contributed by atoms with van der Waals surface area (Å²) < 4.78 is 31.8. The van der Waals surface area contributed by atoms with Gasteiger partial charge in [0.25, 0.3) is 0 Å². The molecular weight excluding hydrogens is 238 g/mol. The molecule has 0 fully saturated rings. The topological polar surface area (TPSA) is 26.3 Å². The number of methoxy groups -OCH3 is 1. The van der Waals surface area contributed by atoms with Crippen molar-refractivity contribution in [1.29, 1.82) is 0 Å². The molecule has 0 aromatic heterocycles. The van der Waals surface area contributed by atoms with Gasteiger partial charge in [0.15, 0.2) is 17.9 Å². The van der Waals surface area contributed by atoms with Gasteiger partial charge in [-0.25, -0.2) is 8.78 Å². The van der Waals surface area contributed by atoms with E-state index in [-0.39, 0.29) is 16.9 Å². The molecule has 2 aromatic rings. The second-order valence-corrected chi connectivity index (χ2v) is 3.67. The van der Waals surface area contributed by atoms with Crippen molar-refractivity contribution in [2.45, 2.75) is 0 Å². The van der Waals surface area contributed by atoms with Gasteiger partial charge in [-0.05, 0) is 23.8 Å². The molecule has 92 valence electrons. The summed E-state index contributed by atoms with van der Waals surface area (Å²) in [5.41, 5.74) is 0.919. The summed E-state index contributed by atoms with van der Waals surface area (Å²) in [7, 11) is 1.29. The van der Waals surface area contributed by atoms with Crippen LogP contribution < -0.4 is 4.74 Å². The van der Waals surface area contributed by atoms with Crippen molar-refractivity contribution in [3.63, 3.8) is 0 Å². The maximum absolute atomic E-state index is 14.1. The van der Waals surface area contributed by atoms with Gasteiger partial charge < -0.3 is 4.74 Å². The van der Waals surface area contributed by atoms with Gasteiger partial charge in [0.1, 0.15) is 5.82 Å². The highest BCUT2D eigenvalue weighted by atomic mass is 19.1. The van der Waals surface area contributed by atoms with Crippen LogP contribution in [0.3, 0.4) is 0 Å². The van der Waals surface area contributed by atoms with E-state index in [1.54, 1.807) is 0 Å². The summed E-state index contributed by atoms with van der Waals surface area (Å²) in [6.07, 6.45) is 0.524. The highest BCUT2D eigenvalue weighted by Gasteiger charge is 2.14. The van der Waals surface area contributed by atoms with Gasteiger partial charge in [-0.2, -0.15) is 0 Å². The van der Waals surface area contributed by atoms with Gasteiger partial charge in [-0.1, -0.05) is 18.2 Å². The van der Waals surface area contributed by atoms with Crippen molar-refractivity contribution in [3.8, 4) is 16.9 Å². The van der Waals surface area contributed by atoms with Crippen LogP contribution >= 0.6 is 0 Å². The number of hydrogen-bond donors (Lipinski definition) is 0. The van der Waals surface area contributed by atoms with Crippen LogP contribution in [0.2, 0.25) is 0 Å². The highest BCUT2D eigenvalue weighted by molar-refractivity contribution is 5.82. The van der Waals surface area contributed by atoms with Crippen LogP contribution in [0.5, 0.6) is 5.75 Å². The van der Waals surface area contributed by atoms with E-state index in [9.17, 15) is 13.6 Å². The molecule has 2 rings (SSSR count). The maximum atomic E-state index is 14.1. The quantitative estimate of drug-likeness (QED) is 0.777. The van der Waals surface area contributed by atoms with E-state index in [0.717, 1.165) is 0 Å². The Labute approximate surface area is 103 Å². The zero-order chi connectivity index (χ0) is 13.1. The van der Waals surface area contributed by atoms with Crippen molar-refractivity contribution >= 4 is 6.29 Å². The molecule has 0 bridgehead atoms. The number of carbonyl (C=O) groups excluding carboxylic acids is 1. The van der Waals surface area contributed by atoms with Gasteiger partial charge >= 0.3 is 0 Å². The van der Waals surface area contributed by atoms with Gasteiger partial charge in [0, 0.05) is 5.56 Å². The molecule has 0 heterocycles. The first kappa shape index (κ1) is 12.2. The van der Waals surface area contributed by atoms with Crippen molar-refractivity contribution in [2.24, 2.45) is 0 Å². The Balaban J connectivity index is 2.58. The number of halogens is 2. The fourth-order valence-corrected chi connectivity index (χ4v) is 1.72. The van der Waals surface area contributed by atoms with E-state index in [2.05, 4.69) is 0 Å². The lowest BCUT2D eigenvalue weighted by molar-refractivity contribution is 0.112. The molecule has 0 saturated heterocycles. The molecule has 0 saturated carbocycles. The van der Waals surface area contributed by atoms with Crippen LogP contribution in [0.1, 0.15) is 10.4 Å². The Kier molecular flexibility index (Phi) is 3.37. The lowest BCUT2D eigenvalue weighted by atomic mass is 10.0. The minimum absolute atomic E-state index is 0.105. The number of rotatable bonds is 3. The molecule has 0 radical (unpaired) electrons. The molecule has 0 unspecified atom stereocenters. The molecule has 18 heavy (non-hydrogen) atoms. The molecule has 0 N–H and O–H groups in total. The molecule has 0 atom stereocenters. The fraction of sp³-hybridized carbons (Fsp3) is 0.0714. The van der Waals surface area contributed by atoms with E-state index in [1.807, 2.05) is 0 Å².